The van der Waals surface area contributed by atoms with Gasteiger partial charge in [0.15, 0.2) is 9.84 Å². The number of amides is 1. The van der Waals surface area contributed by atoms with E-state index in [2.05, 4.69) is 20.6 Å². The fourth-order valence-electron chi connectivity index (χ4n) is 4.74. The van der Waals surface area contributed by atoms with Crippen LogP contribution in [-0.2, 0) is 9.84 Å². The van der Waals surface area contributed by atoms with Crippen LogP contribution in [-0.4, -0.2) is 43.5 Å². The van der Waals surface area contributed by atoms with Gasteiger partial charge in [-0.1, -0.05) is 36.4 Å². The number of hydrogen-bond acceptors (Lipinski definition) is 7. The van der Waals surface area contributed by atoms with Gasteiger partial charge in [0.05, 0.1) is 22.2 Å². The fourth-order valence-corrected chi connectivity index (χ4v) is 6.47. The number of aliphatic imine (C=N–C) groups is 1. The first kappa shape index (κ1) is 24.0. The Labute approximate surface area is 220 Å². The number of ether oxygens (including phenoxy) is 1. The first-order valence-corrected chi connectivity index (χ1v) is 13.8. The Balaban J connectivity index is 1.20. The molecule has 3 heterocycles. The van der Waals surface area contributed by atoms with Crippen molar-refractivity contribution in [1.29, 1.82) is 0 Å². The lowest BCUT2D eigenvalue weighted by Crippen LogP contribution is -2.46. The molecule has 1 amide bonds. The van der Waals surface area contributed by atoms with Crippen LogP contribution < -0.4 is 15.4 Å². The summed E-state index contributed by atoms with van der Waals surface area (Å²) in [5, 5.41) is 5.96. The summed E-state index contributed by atoms with van der Waals surface area (Å²) in [5.74, 6) is 1.02. The van der Waals surface area contributed by atoms with E-state index in [-0.39, 0.29) is 23.3 Å². The molecule has 0 bridgehead atoms. The number of rotatable bonds is 6. The van der Waals surface area contributed by atoms with Gasteiger partial charge in [-0.25, -0.2) is 8.42 Å². The molecular weight excluding hydrogens is 500 g/mol. The van der Waals surface area contributed by atoms with Crippen LogP contribution in [0, 0.1) is 0 Å². The van der Waals surface area contributed by atoms with E-state index >= 15 is 0 Å². The Kier molecular flexibility index (Phi) is 6.22. The summed E-state index contributed by atoms with van der Waals surface area (Å²) in [6, 6.07) is 24.8. The van der Waals surface area contributed by atoms with Gasteiger partial charge in [-0.05, 0) is 54.1 Å². The van der Waals surface area contributed by atoms with Crippen molar-refractivity contribution >= 4 is 32.9 Å². The molecule has 38 heavy (non-hydrogen) atoms. The average molecular weight is 525 g/mol. The first-order chi connectivity index (χ1) is 18.5. The molecule has 0 spiro atoms. The predicted octanol–water partition coefficient (Wildman–Crippen LogP) is 4.26. The summed E-state index contributed by atoms with van der Waals surface area (Å²) in [6.07, 6.45) is 3.41. The van der Waals surface area contributed by atoms with E-state index < -0.39 is 15.2 Å². The number of sulfone groups is 1. The third-order valence-electron chi connectivity index (χ3n) is 6.70. The number of hydrogen-bond donors (Lipinski definition) is 2. The second kappa shape index (κ2) is 9.85. The highest BCUT2D eigenvalue weighted by atomic mass is 32.2. The molecule has 0 radical (unpaired) electrons. The number of nitrogens with one attached hydrogen (secondary N) is 2. The Morgan fingerprint density at radius 2 is 1.68 bits per heavy atom. The highest BCUT2D eigenvalue weighted by Gasteiger charge is 2.38. The molecule has 4 aromatic rings. The van der Waals surface area contributed by atoms with E-state index in [1.54, 1.807) is 54.9 Å². The van der Waals surface area contributed by atoms with Gasteiger partial charge in [0.25, 0.3) is 5.91 Å². The highest BCUT2D eigenvalue weighted by molar-refractivity contribution is 7.92. The van der Waals surface area contributed by atoms with Crippen molar-refractivity contribution in [1.82, 2.24) is 15.6 Å². The quantitative estimate of drug-likeness (QED) is 0.390. The maximum Gasteiger partial charge on any atom is 0.255 e. The third-order valence-corrected chi connectivity index (χ3v) is 8.72. The van der Waals surface area contributed by atoms with Crippen molar-refractivity contribution in [3.8, 4) is 11.5 Å². The normalized spacial score (nSPS) is 18.8. The molecule has 1 fully saturated rings. The fraction of sp³-hybridized carbons (Fsp3) is 0.138. The molecule has 1 saturated heterocycles. The minimum absolute atomic E-state index is 0.189. The van der Waals surface area contributed by atoms with Crippen molar-refractivity contribution < 1.29 is 17.9 Å². The van der Waals surface area contributed by atoms with Crippen LogP contribution in [0.1, 0.15) is 16.8 Å². The van der Waals surface area contributed by atoms with Crippen molar-refractivity contribution in [2.45, 2.75) is 22.7 Å². The number of fused-ring (bicyclic) bond motifs is 2. The largest absolute Gasteiger partial charge is 0.457 e. The van der Waals surface area contributed by atoms with Crippen LogP contribution in [0.2, 0.25) is 0 Å². The summed E-state index contributed by atoms with van der Waals surface area (Å²) in [4.78, 5) is 22.0. The zero-order valence-electron chi connectivity index (χ0n) is 20.2. The molecule has 3 aromatic carbocycles. The number of para-hydroxylation sites is 2. The molecule has 2 aliphatic rings. The van der Waals surface area contributed by atoms with Crippen LogP contribution in [0.25, 0.3) is 10.9 Å². The molecule has 2 unspecified atom stereocenters. The molecule has 2 aliphatic heterocycles. The Morgan fingerprint density at radius 3 is 2.50 bits per heavy atom. The number of carbonyl (C=O) groups excluding carboxylic acids is 1. The predicted molar refractivity (Wildman–Crippen MR) is 145 cm³/mol. The Bertz CT molecular complexity index is 1680. The smallest absolute Gasteiger partial charge is 0.255 e. The molecule has 6 rings (SSSR count). The minimum Gasteiger partial charge on any atom is -0.457 e. The van der Waals surface area contributed by atoms with E-state index in [0.717, 1.165) is 11.0 Å². The van der Waals surface area contributed by atoms with Gasteiger partial charge < -0.3 is 10.1 Å². The molecular formula is C29H24N4O4S. The molecule has 0 aliphatic carbocycles. The number of pyridine rings is 1. The van der Waals surface area contributed by atoms with Crippen molar-refractivity contribution in [2.24, 2.45) is 4.99 Å². The Morgan fingerprint density at radius 1 is 0.921 bits per heavy atom. The Hall–Kier alpha value is -4.34. The molecule has 190 valence electrons. The summed E-state index contributed by atoms with van der Waals surface area (Å²) < 4.78 is 33.1. The number of carbonyl (C=O) groups is 1. The van der Waals surface area contributed by atoms with E-state index in [1.165, 1.54) is 0 Å². The van der Waals surface area contributed by atoms with E-state index in [4.69, 9.17) is 4.74 Å². The van der Waals surface area contributed by atoms with Crippen LogP contribution in [0.15, 0.2) is 112 Å². The minimum atomic E-state index is -3.75. The van der Waals surface area contributed by atoms with Gasteiger partial charge in [-0.2, -0.15) is 0 Å². The van der Waals surface area contributed by atoms with Crippen molar-refractivity contribution in [3.05, 3.63) is 108 Å². The van der Waals surface area contributed by atoms with Gasteiger partial charge in [0.2, 0.25) is 0 Å². The van der Waals surface area contributed by atoms with Crippen LogP contribution in [0.5, 0.6) is 11.5 Å². The monoisotopic (exact) mass is 524 g/mol. The summed E-state index contributed by atoms with van der Waals surface area (Å²) >= 11 is 0. The topological polar surface area (TPSA) is 110 Å². The number of nitrogens with zero attached hydrogens (tertiary/aromatic N) is 2. The van der Waals surface area contributed by atoms with E-state index in [1.807, 2.05) is 42.5 Å². The van der Waals surface area contributed by atoms with Gasteiger partial charge in [-0.3, -0.25) is 20.1 Å². The molecule has 1 aromatic heterocycles. The SMILES string of the molecule is O=C(NC1=C2CC(S(=O)(=O)c3cccc4cccnc34)NCC2N=C1)c1ccc(Oc2ccccc2)cc1. The third kappa shape index (κ3) is 4.57. The molecule has 0 saturated carbocycles. The van der Waals surface area contributed by atoms with E-state index in [0.29, 0.717) is 34.8 Å². The zero-order valence-corrected chi connectivity index (χ0v) is 21.1. The lowest BCUT2D eigenvalue weighted by Gasteiger charge is -2.29. The van der Waals surface area contributed by atoms with Gasteiger partial charge in [0, 0.05) is 36.3 Å². The summed E-state index contributed by atoms with van der Waals surface area (Å²) in [7, 11) is -3.75. The van der Waals surface area contributed by atoms with Crippen LogP contribution in [0.3, 0.4) is 0 Å². The van der Waals surface area contributed by atoms with Crippen LogP contribution >= 0.6 is 0 Å². The molecule has 2 N–H and O–H groups in total. The number of allylic oxidation sites excluding steroid dienone is 1. The van der Waals surface area contributed by atoms with Gasteiger partial charge in [-0.15, -0.1) is 0 Å². The number of aromatic nitrogens is 1. The lowest BCUT2D eigenvalue weighted by atomic mass is 10.0. The van der Waals surface area contributed by atoms with Crippen LogP contribution in [0.4, 0.5) is 0 Å². The van der Waals surface area contributed by atoms with Gasteiger partial charge >= 0.3 is 0 Å². The van der Waals surface area contributed by atoms with Crippen molar-refractivity contribution in [3.63, 3.8) is 0 Å². The zero-order chi connectivity index (χ0) is 26.1. The highest BCUT2D eigenvalue weighted by Crippen LogP contribution is 2.32. The second-order valence-corrected chi connectivity index (χ2v) is 11.2. The summed E-state index contributed by atoms with van der Waals surface area (Å²) in [5.41, 5.74) is 2.24. The average Bonchev–Trinajstić information content (AvgIpc) is 3.35. The van der Waals surface area contributed by atoms with Gasteiger partial charge in [0.1, 0.15) is 16.9 Å². The first-order valence-electron chi connectivity index (χ1n) is 12.2. The van der Waals surface area contributed by atoms with E-state index in [9.17, 15) is 13.2 Å². The summed E-state index contributed by atoms with van der Waals surface area (Å²) in [6.45, 7) is 0.360. The van der Waals surface area contributed by atoms with Crippen molar-refractivity contribution in [2.75, 3.05) is 6.54 Å². The number of benzene rings is 3. The maximum atomic E-state index is 13.6. The lowest BCUT2D eigenvalue weighted by molar-refractivity contribution is 0.0967. The molecule has 9 heteroatoms. The molecule has 8 nitrogen and oxygen atoms in total. The standard InChI is InChI=1S/C29H24N4O4S/c34-29(20-11-13-22(14-12-20)37-21-8-2-1-3-9-21)33-25-18-31-24-17-32-27(16-23(24)25)38(35,36)26-10-4-6-19-7-5-15-30-28(19)26/h1-15,18,24,27,32H,16-17H2,(H,33,34). The molecule has 2 atom stereocenters. The second-order valence-electron chi connectivity index (χ2n) is 9.10. The maximum absolute atomic E-state index is 13.6. The number of piperidine rings is 1.